The number of aliphatic hydroxyl groups excluding tert-OH is 2. The van der Waals surface area contributed by atoms with Gasteiger partial charge in [0.05, 0.1) is 19.5 Å². The van der Waals surface area contributed by atoms with Gasteiger partial charge in [0.15, 0.2) is 17.4 Å². The first kappa shape index (κ1) is 43.4. The number of amides is 2. The third-order valence-corrected chi connectivity index (χ3v) is 11.7. The van der Waals surface area contributed by atoms with E-state index >= 15 is 0 Å². The number of phosphoric ester groups is 3. The number of nitrogens with one attached hydrogen (secondary N) is 2. The molecule has 288 valence electrons. The zero-order valence-corrected chi connectivity index (χ0v) is 31.2. The largest absolute Gasteiger partial charge is 0.481 e. The van der Waals surface area contributed by atoms with E-state index in [4.69, 9.17) is 13.8 Å². The lowest BCUT2D eigenvalue weighted by molar-refractivity contribution is -0.137. The average molecular weight is 828 g/mol. The summed E-state index contributed by atoms with van der Waals surface area (Å²) in [5.74, 6) is -0.975. The number of hydrogen-bond donors (Lipinski definition) is 8. The number of carbonyl (C=O) groups excluding carboxylic acids is 2. The zero-order valence-electron chi connectivity index (χ0n) is 26.9. The van der Waals surface area contributed by atoms with Crippen LogP contribution < -0.4 is 10.6 Å². The van der Waals surface area contributed by atoms with E-state index in [1.54, 1.807) is 21.6 Å². The van der Waals surface area contributed by atoms with E-state index in [2.05, 4.69) is 39.6 Å². The number of carbonyl (C=O) groups is 2. The Hall–Kier alpha value is -1.96. The fraction of sp³-hybridized carbons (Fsp3) is 0.682. The highest BCUT2D eigenvalue weighted by molar-refractivity contribution is 8.76. The van der Waals surface area contributed by atoms with Crippen molar-refractivity contribution in [3.8, 4) is 0 Å². The summed E-state index contributed by atoms with van der Waals surface area (Å²) in [5, 5.41) is 29.0. The van der Waals surface area contributed by atoms with Crippen LogP contribution in [0.1, 0.15) is 26.5 Å². The molecular weight excluding hydrogens is 791 g/mol. The van der Waals surface area contributed by atoms with Crippen LogP contribution in [-0.2, 0) is 45.9 Å². The molecule has 0 aliphatic carbocycles. The van der Waals surface area contributed by atoms with Gasteiger partial charge in [0.25, 0.3) is 0 Å². The van der Waals surface area contributed by atoms with Gasteiger partial charge in [-0.15, -0.1) is 4.91 Å². The molecule has 51 heavy (non-hydrogen) atoms. The lowest BCUT2D eigenvalue weighted by atomic mass is 9.87. The van der Waals surface area contributed by atoms with Gasteiger partial charge in [0.2, 0.25) is 17.6 Å². The van der Waals surface area contributed by atoms with Gasteiger partial charge < -0.3 is 45.2 Å². The zero-order chi connectivity index (χ0) is 38.2. The Morgan fingerprint density at radius 3 is 2.43 bits per heavy atom. The Kier molecular flexibility index (Phi) is 15.7. The van der Waals surface area contributed by atoms with Crippen LogP contribution in [0, 0.1) is 10.3 Å². The number of fused-ring (bicyclic) bond motifs is 1. The molecule has 0 aromatic carbocycles. The molecule has 24 nitrogen and oxygen atoms in total. The molecule has 3 rings (SSSR count). The fourth-order valence-electron chi connectivity index (χ4n) is 4.29. The van der Waals surface area contributed by atoms with Crippen LogP contribution >= 0.6 is 45.1 Å². The highest BCUT2D eigenvalue weighted by Crippen LogP contribution is 2.61. The molecule has 1 aliphatic heterocycles. The number of nitroso groups, excluding NO2 is 1. The van der Waals surface area contributed by atoms with Crippen LogP contribution in [0.25, 0.3) is 11.2 Å². The van der Waals surface area contributed by atoms with Crippen molar-refractivity contribution in [3.05, 3.63) is 17.6 Å². The highest BCUT2D eigenvalue weighted by Gasteiger charge is 2.50. The maximum Gasteiger partial charge on any atom is 0.481 e. The third kappa shape index (κ3) is 12.8. The molecule has 3 unspecified atom stereocenters. The van der Waals surface area contributed by atoms with E-state index in [1.165, 1.54) is 13.8 Å². The Balaban J connectivity index is 1.58. The van der Waals surface area contributed by atoms with E-state index in [0.717, 1.165) is 17.2 Å². The summed E-state index contributed by atoms with van der Waals surface area (Å²) >= 11 is 0. The Morgan fingerprint density at radius 2 is 1.78 bits per heavy atom. The lowest BCUT2D eigenvalue weighted by Gasteiger charge is -2.30. The van der Waals surface area contributed by atoms with E-state index < -0.39 is 78.6 Å². The first-order valence-electron chi connectivity index (χ1n) is 14.3. The van der Waals surface area contributed by atoms with Gasteiger partial charge in [0, 0.05) is 30.7 Å². The van der Waals surface area contributed by atoms with Crippen molar-refractivity contribution in [2.75, 3.05) is 38.3 Å². The second kappa shape index (κ2) is 18.4. The number of nitrogens with zero attached hydrogens (tertiary/aromatic N) is 5. The third-order valence-electron chi connectivity index (χ3n) is 6.74. The highest BCUT2D eigenvalue weighted by atomic mass is 33.1. The molecule has 2 amide bonds. The predicted octanol–water partition coefficient (Wildman–Crippen LogP) is 0.232. The van der Waals surface area contributed by atoms with Crippen LogP contribution in [0.3, 0.4) is 0 Å². The van der Waals surface area contributed by atoms with Crippen LogP contribution in [0.4, 0.5) is 5.82 Å². The fourth-order valence-corrected chi connectivity index (χ4v) is 8.22. The standard InChI is InChI=1S/C22H36N7O17P3S2/c1-22(2,17(32)20(33)24-5-4-13(30)23-6-7-51-50-3)9-43-49(40,41)46-48(38,39)42-8-12-16(45-47(35,36)37)15(31)21(44-12)29-11-27-14-18(28-34)25-10-26-19(14)29/h10-12,15-17,21,31-32H,4-9H2,1-3H3,(H,23,30)(H,24,33)(H,38,39)(H,40,41)(H2,35,36,37)/t12-,15?,16+,17-,21-/m1/s1. The number of rotatable bonds is 21. The summed E-state index contributed by atoms with van der Waals surface area (Å²) in [6.07, 6.45) is -5.33. The maximum absolute atomic E-state index is 12.6. The van der Waals surface area contributed by atoms with Gasteiger partial charge in [-0.25, -0.2) is 28.6 Å². The molecule has 2 aromatic heterocycles. The molecular formula is C22H36N7O17P3S2. The molecule has 1 saturated heterocycles. The molecule has 8 N–H and O–H groups in total. The second-order valence-electron chi connectivity index (χ2n) is 11.1. The minimum atomic E-state index is -5.57. The van der Waals surface area contributed by atoms with Crippen molar-refractivity contribution in [2.45, 2.75) is 50.9 Å². The molecule has 1 fully saturated rings. The molecule has 1 aliphatic rings. The Morgan fingerprint density at radius 1 is 1.10 bits per heavy atom. The quantitative estimate of drug-likeness (QED) is 0.0361. The number of phosphoric acid groups is 3. The minimum Gasteiger partial charge on any atom is -0.386 e. The number of imidazole rings is 1. The lowest BCUT2D eigenvalue weighted by Crippen LogP contribution is -2.46. The monoisotopic (exact) mass is 827 g/mol. The SMILES string of the molecule is CSSCCNC(=O)CCNC(=O)[C@@H](O)C(C)(C)COP(=O)(O)OP(=O)(O)OC[C@H]1O[C@@H](n2cnc3c(N=O)ncnc32)C(O)[C@H]1OP(=O)(O)O. The number of aromatic nitrogens is 4. The maximum atomic E-state index is 12.6. The summed E-state index contributed by atoms with van der Waals surface area (Å²) in [6.45, 7) is 0.782. The first-order chi connectivity index (χ1) is 23.7. The predicted molar refractivity (Wildman–Crippen MR) is 177 cm³/mol. The topological polar surface area (TPSA) is 350 Å². The average Bonchev–Trinajstić information content (AvgIpc) is 3.60. The summed E-state index contributed by atoms with van der Waals surface area (Å²) in [6, 6.07) is 0. The Labute approximate surface area is 296 Å². The molecule has 3 heterocycles. The van der Waals surface area contributed by atoms with Crippen molar-refractivity contribution in [3.63, 3.8) is 0 Å². The number of aliphatic hydroxyl groups is 2. The summed E-state index contributed by atoms with van der Waals surface area (Å²) in [5.41, 5.74) is -1.83. The van der Waals surface area contributed by atoms with E-state index in [0.29, 0.717) is 12.3 Å². The molecule has 7 atom stereocenters. The van der Waals surface area contributed by atoms with Crippen molar-refractivity contribution >= 4 is 73.9 Å². The molecule has 2 aromatic rings. The van der Waals surface area contributed by atoms with Crippen LogP contribution in [0.2, 0.25) is 0 Å². The van der Waals surface area contributed by atoms with Crippen LogP contribution in [0.5, 0.6) is 0 Å². The van der Waals surface area contributed by atoms with Gasteiger partial charge in [-0.2, -0.15) is 4.31 Å². The molecule has 0 saturated carbocycles. The van der Waals surface area contributed by atoms with Crippen LogP contribution in [0.15, 0.2) is 17.8 Å². The molecule has 0 radical (unpaired) electrons. The summed E-state index contributed by atoms with van der Waals surface area (Å²) < 4.78 is 61.7. The second-order valence-corrected chi connectivity index (χ2v) is 18.0. The van der Waals surface area contributed by atoms with Crippen molar-refractivity contribution in [1.29, 1.82) is 0 Å². The van der Waals surface area contributed by atoms with Gasteiger partial charge in [-0.1, -0.05) is 35.4 Å². The Bertz CT molecular complexity index is 1680. The normalized spacial score (nSPS) is 22.6. The van der Waals surface area contributed by atoms with Gasteiger partial charge in [-0.3, -0.25) is 27.7 Å². The minimum absolute atomic E-state index is 0.0855. The number of hydrogen-bond acceptors (Lipinski definition) is 19. The van der Waals surface area contributed by atoms with E-state index in [-0.39, 0.29) is 35.9 Å². The van der Waals surface area contributed by atoms with Crippen molar-refractivity contribution < 1.29 is 75.7 Å². The smallest absolute Gasteiger partial charge is 0.386 e. The van der Waals surface area contributed by atoms with Gasteiger partial charge in [0.1, 0.15) is 30.7 Å². The summed E-state index contributed by atoms with van der Waals surface area (Å²) in [4.78, 5) is 85.8. The molecule has 29 heteroatoms. The van der Waals surface area contributed by atoms with Gasteiger partial charge >= 0.3 is 23.5 Å². The van der Waals surface area contributed by atoms with Crippen molar-refractivity contribution in [1.82, 2.24) is 30.2 Å². The van der Waals surface area contributed by atoms with E-state index in [1.807, 2.05) is 6.26 Å². The molecule has 0 spiro atoms. The van der Waals surface area contributed by atoms with Crippen LogP contribution in [-0.4, -0.2) is 124 Å². The number of ether oxygens (including phenoxy) is 1. The summed E-state index contributed by atoms with van der Waals surface area (Å²) in [7, 11) is -13.3. The van der Waals surface area contributed by atoms with E-state index in [9.17, 15) is 58.0 Å². The molecule has 0 bridgehead atoms. The first-order valence-corrected chi connectivity index (χ1v) is 21.6. The van der Waals surface area contributed by atoms with Gasteiger partial charge in [-0.05, 0) is 11.4 Å². The van der Waals surface area contributed by atoms with Crippen molar-refractivity contribution in [2.24, 2.45) is 10.6 Å².